The molecule has 1 aromatic carbocycles. The number of aliphatic imine (C=N–C) groups is 1. The molecule has 1 aromatic rings. The van der Waals surface area contributed by atoms with Crippen molar-refractivity contribution in [2.45, 2.75) is 51.0 Å². The lowest BCUT2D eigenvalue weighted by Gasteiger charge is -2.24. The van der Waals surface area contributed by atoms with Crippen LogP contribution in [0.15, 0.2) is 35.3 Å². The fraction of sp³-hybridized carbons (Fsp3) is 0.556. The maximum atomic E-state index is 12.1. The van der Waals surface area contributed by atoms with Crippen LogP contribution in [0.2, 0.25) is 0 Å². The topological polar surface area (TPSA) is 77.2 Å². The number of ether oxygens (including phenoxy) is 2. The molecule has 2 aliphatic rings. The number of fused-ring (bicyclic) bond motifs is 1. The van der Waals surface area contributed by atoms with Crippen LogP contribution in [0.5, 0.6) is 0 Å². The third-order valence-electron chi connectivity index (χ3n) is 4.07. The van der Waals surface area contributed by atoms with Crippen molar-refractivity contribution in [1.29, 1.82) is 0 Å². The van der Waals surface area contributed by atoms with Gasteiger partial charge in [-0.3, -0.25) is 0 Å². The van der Waals surface area contributed by atoms with Crippen molar-refractivity contribution in [3.05, 3.63) is 35.9 Å². The van der Waals surface area contributed by atoms with E-state index in [2.05, 4.69) is 4.99 Å². The Labute approximate surface area is 142 Å². The molecule has 1 amide bonds. The molecular formula is C18H25N3O3. The molecule has 0 bridgehead atoms. The number of hydrogen-bond donors (Lipinski definition) is 1. The number of rotatable bonds is 3. The highest BCUT2D eigenvalue weighted by Gasteiger charge is 2.43. The van der Waals surface area contributed by atoms with Crippen LogP contribution < -0.4 is 5.73 Å². The van der Waals surface area contributed by atoms with E-state index in [1.54, 1.807) is 4.90 Å². The molecule has 24 heavy (non-hydrogen) atoms. The highest BCUT2D eigenvalue weighted by Crippen LogP contribution is 2.25. The molecule has 2 N–H and O–H groups in total. The average molecular weight is 331 g/mol. The van der Waals surface area contributed by atoms with E-state index in [4.69, 9.17) is 15.2 Å². The summed E-state index contributed by atoms with van der Waals surface area (Å²) in [5, 5.41) is 0. The monoisotopic (exact) mass is 331 g/mol. The van der Waals surface area contributed by atoms with Gasteiger partial charge >= 0.3 is 6.09 Å². The fourth-order valence-corrected chi connectivity index (χ4v) is 2.96. The summed E-state index contributed by atoms with van der Waals surface area (Å²) in [5.41, 5.74) is 6.89. The van der Waals surface area contributed by atoms with E-state index in [-0.39, 0.29) is 24.3 Å². The molecule has 3 unspecified atom stereocenters. The lowest BCUT2D eigenvalue weighted by atomic mass is 10.1. The zero-order valence-electron chi connectivity index (χ0n) is 14.4. The Morgan fingerprint density at radius 1 is 1.38 bits per heavy atom. The maximum Gasteiger partial charge on any atom is 0.410 e. The molecular weight excluding hydrogens is 306 g/mol. The molecule has 1 fully saturated rings. The summed E-state index contributed by atoms with van der Waals surface area (Å²) in [6.45, 7) is 6.58. The smallest absolute Gasteiger partial charge is 0.410 e. The minimum absolute atomic E-state index is 0.0469. The number of carbonyl (C=O) groups is 1. The van der Waals surface area contributed by atoms with E-state index in [1.165, 1.54) is 0 Å². The first-order chi connectivity index (χ1) is 11.3. The number of hydrogen-bond acceptors (Lipinski definition) is 5. The van der Waals surface area contributed by atoms with Gasteiger partial charge in [0.05, 0.1) is 19.1 Å². The third kappa shape index (κ3) is 3.87. The molecule has 6 heteroatoms. The molecule has 130 valence electrons. The van der Waals surface area contributed by atoms with Crippen LogP contribution in [0.3, 0.4) is 0 Å². The molecule has 2 heterocycles. The Balaban J connectivity index is 1.57. The summed E-state index contributed by atoms with van der Waals surface area (Å²) in [5.74, 6) is 0.595. The van der Waals surface area contributed by atoms with Gasteiger partial charge in [0, 0.05) is 0 Å². The summed E-state index contributed by atoms with van der Waals surface area (Å²) < 4.78 is 11.3. The molecule has 0 aromatic heterocycles. The Morgan fingerprint density at radius 3 is 2.71 bits per heavy atom. The average Bonchev–Trinajstić information content (AvgIpc) is 3.05. The van der Waals surface area contributed by atoms with Crippen molar-refractivity contribution >= 4 is 12.0 Å². The fourth-order valence-electron chi connectivity index (χ4n) is 2.96. The zero-order chi connectivity index (χ0) is 17.3. The van der Waals surface area contributed by atoms with Gasteiger partial charge in [0.25, 0.3) is 0 Å². The van der Waals surface area contributed by atoms with Crippen molar-refractivity contribution in [2.75, 3.05) is 13.1 Å². The van der Waals surface area contributed by atoms with E-state index in [0.717, 1.165) is 5.56 Å². The molecule has 3 rings (SSSR count). The first-order valence-electron chi connectivity index (χ1n) is 8.33. The summed E-state index contributed by atoms with van der Waals surface area (Å²) >= 11 is 0. The van der Waals surface area contributed by atoms with Crippen molar-refractivity contribution in [1.82, 2.24) is 4.90 Å². The second kappa shape index (κ2) is 6.43. The minimum atomic E-state index is -0.498. The molecule has 1 saturated heterocycles. The highest BCUT2D eigenvalue weighted by molar-refractivity contribution is 5.84. The number of nitrogens with zero attached hydrogens (tertiary/aromatic N) is 2. The van der Waals surface area contributed by atoms with Crippen LogP contribution in [0.25, 0.3) is 0 Å². The summed E-state index contributed by atoms with van der Waals surface area (Å²) in [4.78, 5) is 18.4. The predicted molar refractivity (Wildman–Crippen MR) is 92.0 cm³/mol. The lowest BCUT2D eigenvalue weighted by Crippen LogP contribution is -2.38. The molecule has 0 radical (unpaired) electrons. The quantitative estimate of drug-likeness (QED) is 0.919. The van der Waals surface area contributed by atoms with Crippen LogP contribution in [0.4, 0.5) is 4.79 Å². The number of nitrogens with two attached hydrogens (primary N) is 1. The van der Waals surface area contributed by atoms with E-state index in [9.17, 15) is 4.79 Å². The first-order valence-corrected chi connectivity index (χ1v) is 8.33. The van der Waals surface area contributed by atoms with E-state index in [1.807, 2.05) is 51.1 Å². The molecule has 0 spiro atoms. The molecule has 0 aliphatic carbocycles. The third-order valence-corrected chi connectivity index (χ3v) is 4.07. The number of likely N-dealkylation sites (tertiary alicyclic amines) is 1. The summed E-state index contributed by atoms with van der Waals surface area (Å²) in [7, 11) is 0. The van der Waals surface area contributed by atoms with Gasteiger partial charge in [0.2, 0.25) is 5.90 Å². The zero-order valence-corrected chi connectivity index (χ0v) is 14.4. The largest absolute Gasteiger partial charge is 0.472 e. The van der Waals surface area contributed by atoms with Gasteiger partial charge in [-0.25, -0.2) is 9.79 Å². The minimum Gasteiger partial charge on any atom is -0.472 e. The van der Waals surface area contributed by atoms with Crippen LogP contribution >= 0.6 is 0 Å². The van der Waals surface area contributed by atoms with Gasteiger partial charge in [-0.05, 0) is 32.8 Å². The Bertz CT molecular complexity index is 624. The van der Waals surface area contributed by atoms with Crippen molar-refractivity contribution < 1.29 is 14.3 Å². The van der Waals surface area contributed by atoms with E-state index in [0.29, 0.717) is 25.4 Å². The predicted octanol–water partition coefficient (Wildman–Crippen LogP) is 1.97. The van der Waals surface area contributed by atoms with Crippen molar-refractivity contribution in [3.63, 3.8) is 0 Å². The maximum absolute atomic E-state index is 12.1. The van der Waals surface area contributed by atoms with E-state index >= 15 is 0 Å². The molecule has 3 atom stereocenters. The van der Waals surface area contributed by atoms with Crippen LogP contribution in [0, 0.1) is 0 Å². The van der Waals surface area contributed by atoms with Crippen molar-refractivity contribution in [3.8, 4) is 0 Å². The number of amides is 1. The van der Waals surface area contributed by atoms with Crippen LogP contribution in [-0.2, 0) is 15.9 Å². The van der Waals surface area contributed by atoms with Gasteiger partial charge in [-0.15, -0.1) is 0 Å². The Morgan fingerprint density at radius 2 is 2.08 bits per heavy atom. The van der Waals surface area contributed by atoms with Gasteiger partial charge in [-0.1, -0.05) is 30.3 Å². The van der Waals surface area contributed by atoms with Gasteiger partial charge in [0.15, 0.2) is 0 Å². The van der Waals surface area contributed by atoms with Gasteiger partial charge in [0.1, 0.15) is 17.7 Å². The summed E-state index contributed by atoms with van der Waals surface area (Å²) in [6.07, 6.45) is 0.259. The SMILES string of the molecule is CC(C)(C)OC(=O)N1CC2N=C(C(N)Cc3ccccc3)OC2C1. The molecule has 0 saturated carbocycles. The first kappa shape index (κ1) is 16.8. The number of carbonyl (C=O) groups excluding carboxylic acids is 1. The molecule has 6 nitrogen and oxygen atoms in total. The van der Waals surface area contributed by atoms with Crippen LogP contribution in [0.1, 0.15) is 26.3 Å². The lowest BCUT2D eigenvalue weighted by molar-refractivity contribution is 0.0271. The van der Waals surface area contributed by atoms with E-state index < -0.39 is 5.60 Å². The van der Waals surface area contributed by atoms with Gasteiger partial charge in [-0.2, -0.15) is 0 Å². The second-order valence-electron chi connectivity index (χ2n) is 7.37. The Hall–Kier alpha value is -2.08. The van der Waals surface area contributed by atoms with Crippen molar-refractivity contribution in [2.24, 2.45) is 10.7 Å². The second-order valence-corrected chi connectivity index (χ2v) is 7.37. The van der Waals surface area contributed by atoms with Gasteiger partial charge < -0.3 is 20.1 Å². The van der Waals surface area contributed by atoms with Crippen LogP contribution in [-0.4, -0.2) is 53.8 Å². The standard InChI is InChI=1S/C18H25N3O3/c1-18(2,3)24-17(22)21-10-14-15(11-21)23-16(20-14)13(19)9-12-7-5-4-6-8-12/h4-8,13-15H,9-11,19H2,1-3H3. The molecule has 2 aliphatic heterocycles. The number of benzene rings is 1. The normalized spacial score (nSPS) is 24.2. The summed E-state index contributed by atoms with van der Waals surface area (Å²) in [6, 6.07) is 9.75. The Kier molecular flexibility index (Phi) is 4.49. The highest BCUT2D eigenvalue weighted by atomic mass is 16.6.